The molecule has 3 aromatic rings. The molecule has 0 amide bonds. The molecule has 0 spiro atoms. The van der Waals surface area contributed by atoms with Gasteiger partial charge in [-0.1, -0.05) is 81.1 Å². The van der Waals surface area contributed by atoms with Gasteiger partial charge in [-0.3, -0.25) is 0 Å². The van der Waals surface area contributed by atoms with Crippen LogP contribution in [0.1, 0.15) is 50.2 Å². The van der Waals surface area contributed by atoms with Crippen molar-refractivity contribution in [2.45, 2.75) is 52.0 Å². The zero-order valence-electron chi connectivity index (χ0n) is 18.7. The van der Waals surface area contributed by atoms with E-state index in [0.29, 0.717) is 6.61 Å². The topological polar surface area (TPSA) is 30.5 Å². The highest BCUT2D eigenvalue weighted by atomic mass is 16.5. The molecule has 0 bridgehead atoms. The fourth-order valence-electron chi connectivity index (χ4n) is 3.43. The number of hydrogen-bond acceptors (Lipinski definition) is 3. The van der Waals surface area contributed by atoms with Gasteiger partial charge in [0.1, 0.15) is 11.5 Å². The van der Waals surface area contributed by atoms with E-state index in [1.165, 1.54) is 36.8 Å². The standard InChI is InChI=1S/C28H35NO2/c1-2-3-4-5-9-20-30-27-17-15-25(16-18-27)23-29-26-13-10-14-28(22-26)31-21-19-24-11-7-6-8-12-24/h6-8,10-18,22,29H,2-5,9,19-21,23H2,1H3. The van der Waals surface area contributed by atoms with Gasteiger partial charge in [0.2, 0.25) is 0 Å². The van der Waals surface area contributed by atoms with Crippen molar-refractivity contribution < 1.29 is 9.47 Å². The lowest BCUT2D eigenvalue weighted by molar-refractivity contribution is 0.304. The summed E-state index contributed by atoms with van der Waals surface area (Å²) in [6, 6.07) is 27.0. The van der Waals surface area contributed by atoms with E-state index in [1.807, 2.05) is 18.2 Å². The Kier molecular flexibility index (Phi) is 9.81. The van der Waals surface area contributed by atoms with Crippen LogP contribution in [0.2, 0.25) is 0 Å². The first kappa shape index (κ1) is 22.7. The number of ether oxygens (including phenoxy) is 2. The van der Waals surface area contributed by atoms with Crippen molar-refractivity contribution in [2.75, 3.05) is 18.5 Å². The van der Waals surface area contributed by atoms with Crippen LogP contribution in [0.3, 0.4) is 0 Å². The Hall–Kier alpha value is -2.94. The van der Waals surface area contributed by atoms with Gasteiger partial charge in [0, 0.05) is 24.7 Å². The van der Waals surface area contributed by atoms with Gasteiger partial charge in [0.25, 0.3) is 0 Å². The molecular weight excluding hydrogens is 382 g/mol. The molecule has 0 heterocycles. The van der Waals surface area contributed by atoms with Crippen LogP contribution in [0.4, 0.5) is 5.69 Å². The Morgan fingerprint density at radius 2 is 1.42 bits per heavy atom. The molecule has 0 fully saturated rings. The van der Waals surface area contributed by atoms with Crippen LogP contribution in [-0.2, 0) is 13.0 Å². The van der Waals surface area contributed by atoms with Gasteiger partial charge in [-0.15, -0.1) is 0 Å². The van der Waals surface area contributed by atoms with E-state index >= 15 is 0 Å². The van der Waals surface area contributed by atoms with E-state index in [1.54, 1.807) is 0 Å². The summed E-state index contributed by atoms with van der Waals surface area (Å²) in [5, 5.41) is 3.48. The van der Waals surface area contributed by atoms with Crippen molar-refractivity contribution in [2.24, 2.45) is 0 Å². The smallest absolute Gasteiger partial charge is 0.121 e. The van der Waals surface area contributed by atoms with E-state index in [2.05, 4.69) is 72.9 Å². The normalized spacial score (nSPS) is 10.6. The zero-order chi connectivity index (χ0) is 21.6. The Morgan fingerprint density at radius 1 is 0.645 bits per heavy atom. The van der Waals surface area contributed by atoms with E-state index in [-0.39, 0.29) is 0 Å². The van der Waals surface area contributed by atoms with Crippen molar-refractivity contribution in [3.05, 3.63) is 90.0 Å². The highest BCUT2D eigenvalue weighted by Crippen LogP contribution is 2.19. The molecule has 0 aromatic heterocycles. The molecule has 0 aliphatic heterocycles. The molecule has 0 aliphatic carbocycles. The summed E-state index contributed by atoms with van der Waals surface area (Å²) >= 11 is 0. The molecule has 164 valence electrons. The van der Waals surface area contributed by atoms with Crippen LogP contribution >= 0.6 is 0 Å². The number of unbranched alkanes of at least 4 members (excludes halogenated alkanes) is 4. The Labute approximate surface area is 187 Å². The molecule has 1 N–H and O–H groups in total. The quantitative estimate of drug-likeness (QED) is 0.280. The maximum Gasteiger partial charge on any atom is 0.121 e. The molecule has 0 atom stereocenters. The van der Waals surface area contributed by atoms with Gasteiger partial charge in [0.15, 0.2) is 0 Å². The highest BCUT2D eigenvalue weighted by molar-refractivity contribution is 5.48. The third-order valence-corrected chi connectivity index (χ3v) is 5.27. The summed E-state index contributed by atoms with van der Waals surface area (Å²) in [5.41, 5.74) is 3.58. The molecule has 3 nitrogen and oxygen atoms in total. The molecule has 0 radical (unpaired) electrons. The molecule has 0 aliphatic rings. The number of rotatable bonds is 14. The van der Waals surface area contributed by atoms with Crippen molar-refractivity contribution in [3.8, 4) is 11.5 Å². The average Bonchev–Trinajstić information content (AvgIpc) is 2.82. The van der Waals surface area contributed by atoms with Gasteiger partial charge in [-0.2, -0.15) is 0 Å². The fourth-order valence-corrected chi connectivity index (χ4v) is 3.43. The lowest BCUT2D eigenvalue weighted by atomic mass is 10.2. The fraction of sp³-hybridized carbons (Fsp3) is 0.357. The van der Waals surface area contributed by atoms with Crippen LogP contribution < -0.4 is 14.8 Å². The minimum Gasteiger partial charge on any atom is -0.494 e. The first-order chi connectivity index (χ1) is 15.3. The van der Waals surface area contributed by atoms with Gasteiger partial charge >= 0.3 is 0 Å². The van der Waals surface area contributed by atoms with E-state index < -0.39 is 0 Å². The molecule has 3 rings (SSSR count). The number of anilines is 1. The first-order valence-electron chi connectivity index (χ1n) is 11.6. The largest absolute Gasteiger partial charge is 0.494 e. The predicted octanol–water partition coefficient (Wildman–Crippen LogP) is 7.27. The minimum absolute atomic E-state index is 0.674. The van der Waals surface area contributed by atoms with Crippen LogP contribution in [0.15, 0.2) is 78.9 Å². The highest BCUT2D eigenvalue weighted by Gasteiger charge is 2.00. The second-order valence-electron chi connectivity index (χ2n) is 7.87. The van der Waals surface area contributed by atoms with Gasteiger partial charge in [-0.05, 0) is 41.8 Å². The van der Waals surface area contributed by atoms with Crippen LogP contribution in [0, 0.1) is 0 Å². The molecule has 0 unspecified atom stereocenters. The SMILES string of the molecule is CCCCCCCOc1ccc(CNc2cccc(OCCc3ccccc3)c2)cc1. The molecule has 0 saturated heterocycles. The summed E-state index contributed by atoms with van der Waals surface area (Å²) in [7, 11) is 0. The summed E-state index contributed by atoms with van der Waals surface area (Å²) in [6.07, 6.45) is 7.21. The maximum absolute atomic E-state index is 5.93. The lowest BCUT2D eigenvalue weighted by Crippen LogP contribution is -2.03. The van der Waals surface area contributed by atoms with Crippen LogP contribution in [-0.4, -0.2) is 13.2 Å². The lowest BCUT2D eigenvalue weighted by Gasteiger charge is -2.11. The molecule has 0 saturated carbocycles. The third-order valence-electron chi connectivity index (χ3n) is 5.27. The third kappa shape index (κ3) is 8.75. The Bertz CT molecular complexity index is 862. The van der Waals surface area contributed by atoms with Gasteiger partial charge < -0.3 is 14.8 Å². The van der Waals surface area contributed by atoms with E-state index in [0.717, 1.165) is 43.2 Å². The molecule has 3 heteroatoms. The monoisotopic (exact) mass is 417 g/mol. The van der Waals surface area contributed by atoms with Crippen molar-refractivity contribution in [1.29, 1.82) is 0 Å². The van der Waals surface area contributed by atoms with Crippen molar-refractivity contribution >= 4 is 5.69 Å². The number of nitrogens with one attached hydrogen (secondary N) is 1. The Balaban J connectivity index is 1.38. The molecule has 3 aromatic carbocycles. The maximum atomic E-state index is 5.93. The zero-order valence-corrected chi connectivity index (χ0v) is 18.7. The average molecular weight is 418 g/mol. The van der Waals surface area contributed by atoms with Gasteiger partial charge in [-0.25, -0.2) is 0 Å². The second kappa shape index (κ2) is 13.4. The second-order valence-corrected chi connectivity index (χ2v) is 7.87. The molecule has 31 heavy (non-hydrogen) atoms. The van der Waals surface area contributed by atoms with E-state index in [4.69, 9.17) is 9.47 Å². The predicted molar refractivity (Wildman–Crippen MR) is 130 cm³/mol. The Morgan fingerprint density at radius 3 is 2.23 bits per heavy atom. The summed E-state index contributed by atoms with van der Waals surface area (Å²) in [4.78, 5) is 0. The van der Waals surface area contributed by atoms with Crippen LogP contribution in [0.5, 0.6) is 11.5 Å². The van der Waals surface area contributed by atoms with Crippen molar-refractivity contribution in [1.82, 2.24) is 0 Å². The van der Waals surface area contributed by atoms with Gasteiger partial charge in [0.05, 0.1) is 13.2 Å². The first-order valence-corrected chi connectivity index (χ1v) is 11.6. The van der Waals surface area contributed by atoms with Crippen molar-refractivity contribution in [3.63, 3.8) is 0 Å². The minimum atomic E-state index is 0.674. The summed E-state index contributed by atoms with van der Waals surface area (Å²) in [5.74, 6) is 1.84. The molecular formula is C28H35NO2. The summed E-state index contributed by atoms with van der Waals surface area (Å²) < 4.78 is 11.8. The van der Waals surface area contributed by atoms with E-state index in [9.17, 15) is 0 Å². The summed E-state index contributed by atoms with van der Waals surface area (Å²) in [6.45, 7) is 4.49. The number of hydrogen-bond donors (Lipinski definition) is 1. The number of benzene rings is 3. The van der Waals surface area contributed by atoms with Crippen LogP contribution in [0.25, 0.3) is 0 Å².